The van der Waals surface area contributed by atoms with E-state index in [-0.39, 0.29) is 28.4 Å². The van der Waals surface area contributed by atoms with Gasteiger partial charge in [-0.15, -0.1) is 0 Å². The van der Waals surface area contributed by atoms with E-state index in [4.69, 9.17) is 33.2 Å². The van der Waals surface area contributed by atoms with Gasteiger partial charge in [-0.2, -0.15) is 0 Å². The summed E-state index contributed by atoms with van der Waals surface area (Å²) in [6.45, 7) is 2.42. The minimum atomic E-state index is -1.04. The lowest BCUT2D eigenvalue weighted by Crippen LogP contribution is -2.30. The molecule has 0 spiro atoms. The zero-order valence-electron chi connectivity index (χ0n) is 30.4. The van der Waals surface area contributed by atoms with Crippen LogP contribution in [0.25, 0.3) is 0 Å². The van der Waals surface area contributed by atoms with Crippen LogP contribution in [-0.4, -0.2) is 31.4 Å². The molecular weight excluding hydrogens is 725 g/mol. The average Bonchev–Trinajstić information content (AvgIpc) is 3.16. The Morgan fingerprint density at radius 3 is 1.18 bits per heavy atom. The van der Waals surface area contributed by atoms with E-state index in [2.05, 4.69) is 0 Å². The molecule has 1 fully saturated rings. The molecule has 0 aromatic heterocycles. The number of hydrogen-bond donors (Lipinski definition) is 0. The highest BCUT2D eigenvalue weighted by Crippen LogP contribution is 2.45. The second-order valence-electron chi connectivity index (χ2n) is 12.7. The van der Waals surface area contributed by atoms with Crippen LogP contribution in [0.3, 0.4) is 0 Å². The van der Waals surface area contributed by atoms with Crippen molar-refractivity contribution in [3.63, 3.8) is 0 Å². The van der Waals surface area contributed by atoms with E-state index in [0.29, 0.717) is 11.5 Å². The molecule has 0 heterocycles. The topological polar surface area (TPSA) is 133 Å². The summed E-state index contributed by atoms with van der Waals surface area (Å²) in [5.74, 6) is 0.560. The van der Waals surface area contributed by atoms with Gasteiger partial charge in [-0.25, -0.2) is 9.59 Å². The fourth-order valence-corrected chi connectivity index (χ4v) is 7.24. The molecule has 5 aromatic carbocycles. The molecule has 12 heteroatoms. The molecule has 5 aromatic rings. The number of carbonyl (C=O) groups is 4. The molecule has 11 nitrogen and oxygen atoms in total. The first-order chi connectivity index (χ1) is 26.6. The standard InChI is InChI=1S/C43H38O11S/c1-28(44)49-36-25-37(50-29(2)45)27-38(26-36)54-42(47)52-34-13-9-31(10-14-34)43(23-5-4-6-24-43)30-7-11-33(12-8-30)51-41(46)53-35-17-21-40(22-18-35)55-39-19-15-32(48-3)16-20-39/h7-22,25-27H,4-6,23-24H2,1-3H3. The SMILES string of the molecule is COc1ccc(Sc2ccc(OC(=O)Oc3ccc(C4(c5ccc(OC(=O)Oc6cc(OC(C)=O)cc(OC(C)=O)c6)cc5)CCCCC4)cc3)cc2)cc1. The average molecular weight is 763 g/mol. The van der Waals surface area contributed by atoms with E-state index < -0.39 is 24.2 Å². The van der Waals surface area contributed by atoms with Crippen LogP contribution in [-0.2, 0) is 15.0 Å². The molecule has 0 bridgehead atoms. The molecule has 282 valence electrons. The zero-order chi connectivity index (χ0) is 38.8. The van der Waals surface area contributed by atoms with Crippen LogP contribution in [0.15, 0.2) is 125 Å². The largest absolute Gasteiger partial charge is 0.519 e. The van der Waals surface area contributed by atoms with Crippen molar-refractivity contribution in [1.82, 2.24) is 0 Å². The minimum Gasteiger partial charge on any atom is -0.497 e. The van der Waals surface area contributed by atoms with Crippen LogP contribution in [0.5, 0.6) is 40.2 Å². The quantitative estimate of drug-likeness (QED) is 0.0720. The van der Waals surface area contributed by atoms with Crippen molar-refractivity contribution >= 4 is 36.0 Å². The zero-order valence-corrected chi connectivity index (χ0v) is 31.2. The van der Waals surface area contributed by atoms with Crippen molar-refractivity contribution in [1.29, 1.82) is 0 Å². The Hall–Kier alpha value is -6.27. The third kappa shape index (κ3) is 10.5. The Bertz CT molecular complexity index is 2090. The van der Waals surface area contributed by atoms with Crippen molar-refractivity contribution < 1.29 is 52.3 Å². The summed E-state index contributed by atoms with van der Waals surface area (Å²) in [7, 11) is 1.63. The van der Waals surface area contributed by atoms with Crippen LogP contribution in [0.1, 0.15) is 57.1 Å². The van der Waals surface area contributed by atoms with Gasteiger partial charge in [-0.1, -0.05) is 55.3 Å². The molecule has 0 N–H and O–H groups in total. The maximum absolute atomic E-state index is 12.7. The number of methoxy groups -OCH3 is 1. The summed E-state index contributed by atoms with van der Waals surface area (Å²) in [4.78, 5) is 50.3. The summed E-state index contributed by atoms with van der Waals surface area (Å²) in [6.07, 6.45) is 3.14. The number of hydrogen-bond acceptors (Lipinski definition) is 12. The highest BCUT2D eigenvalue weighted by atomic mass is 32.2. The van der Waals surface area contributed by atoms with Gasteiger partial charge in [-0.3, -0.25) is 9.59 Å². The van der Waals surface area contributed by atoms with E-state index in [1.54, 1.807) is 55.3 Å². The van der Waals surface area contributed by atoms with Crippen LogP contribution in [0.2, 0.25) is 0 Å². The highest BCUT2D eigenvalue weighted by Gasteiger charge is 2.36. The molecule has 0 radical (unpaired) electrons. The molecule has 1 aliphatic rings. The predicted octanol–water partition coefficient (Wildman–Crippen LogP) is 10.1. The normalized spacial score (nSPS) is 13.1. The van der Waals surface area contributed by atoms with Gasteiger partial charge in [0.1, 0.15) is 40.2 Å². The van der Waals surface area contributed by atoms with Gasteiger partial charge < -0.3 is 33.2 Å². The molecule has 0 aliphatic heterocycles. The first-order valence-electron chi connectivity index (χ1n) is 17.5. The van der Waals surface area contributed by atoms with E-state index in [0.717, 1.165) is 58.8 Å². The Kier molecular flexibility index (Phi) is 12.4. The van der Waals surface area contributed by atoms with Crippen molar-refractivity contribution in [2.24, 2.45) is 0 Å². The van der Waals surface area contributed by atoms with Gasteiger partial charge in [-0.05, 0) is 96.8 Å². The molecule has 0 amide bonds. The summed E-state index contributed by atoms with van der Waals surface area (Å²) >= 11 is 1.58. The maximum atomic E-state index is 12.7. The molecular formula is C43H38O11S. The second-order valence-corrected chi connectivity index (χ2v) is 13.8. The lowest BCUT2D eigenvalue weighted by molar-refractivity contribution is -0.132. The van der Waals surface area contributed by atoms with Gasteiger partial charge in [0.15, 0.2) is 0 Å². The van der Waals surface area contributed by atoms with E-state index in [1.807, 2.05) is 60.7 Å². The van der Waals surface area contributed by atoms with Crippen molar-refractivity contribution in [3.05, 3.63) is 126 Å². The molecule has 1 aliphatic carbocycles. The summed E-state index contributed by atoms with van der Waals surface area (Å²) in [6, 6.07) is 33.6. The van der Waals surface area contributed by atoms with Gasteiger partial charge in [0.25, 0.3) is 0 Å². The number of ether oxygens (including phenoxy) is 7. The number of rotatable bonds is 11. The fourth-order valence-electron chi connectivity index (χ4n) is 6.42. The van der Waals surface area contributed by atoms with Gasteiger partial charge in [0.2, 0.25) is 0 Å². The maximum Gasteiger partial charge on any atom is 0.519 e. The molecule has 0 unspecified atom stereocenters. The third-order valence-corrected chi connectivity index (χ3v) is 9.84. The van der Waals surface area contributed by atoms with Crippen molar-refractivity contribution in [3.8, 4) is 40.2 Å². The smallest absolute Gasteiger partial charge is 0.497 e. The van der Waals surface area contributed by atoms with Crippen LogP contribution in [0, 0.1) is 0 Å². The molecule has 0 atom stereocenters. The van der Waals surface area contributed by atoms with E-state index in [9.17, 15) is 19.2 Å². The Morgan fingerprint density at radius 1 is 0.455 bits per heavy atom. The predicted molar refractivity (Wildman–Crippen MR) is 203 cm³/mol. The van der Waals surface area contributed by atoms with Crippen LogP contribution < -0.4 is 33.2 Å². The fraction of sp³-hybridized carbons (Fsp3) is 0.209. The Morgan fingerprint density at radius 2 is 0.800 bits per heavy atom. The summed E-state index contributed by atoms with van der Waals surface area (Å²) < 4.78 is 37.0. The lowest BCUT2D eigenvalue weighted by atomic mass is 9.65. The first-order valence-corrected chi connectivity index (χ1v) is 18.3. The van der Waals surface area contributed by atoms with E-state index in [1.165, 1.54) is 32.0 Å². The minimum absolute atomic E-state index is 0.0260. The summed E-state index contributed by atoms with van der Waals surface area (Å²) in [5.41, 5.74) is 1.82. The molecule has 6 rings (SSSR count). The summed E-state index contributed by atoms with van der Waals surface area (Å²) in [5, 5.41) is 0. The van der Waals surface area contributed by atoms with E-state index >= 15 is 0 Å². The molecule has 55 heavy (non-hydrogen) atoms. The van der Waals surface area contributed by atoms with Gasteiger partial charge in [0.05, 0.1) is 7.11 Å². The highest BCUT2D eigenvalue weighted by molar-refractivity contribution is 7.99. The van der Waals surface area contributed by atoms with Crippen LogP contribution in [0.4, 0.5) is 9.59 Å². The monoisotopic (exact) mass is 762 g/mol. The van der Waals surface area contributed by atoms with Gasteiger partial charge >= 0.3 is 24.2 Å². The first kappa shape index (κ1) is 38.5. The number of benzene rings is 5. The van der Waals surface area contributed by atoms with Crippen LogP contribution >= 0.6 is 11.8 Å². The Labute approximate surface area is 322 Å². The molecule has 1 saturated carbocycles. The molecule has 0 saturated heterocycles. The van der Waals surface area contributed by atoms with Crippen molar-refractivity contribution in [2.45, 2.75) is 61.2 Å². The number of carbonyl (C=O) groups excluding carboxylic acids is 4. The lowest BCUT2D eigenvalue weighted by Gasteiger charge is -2.38. The number of esters is 2. The second kappa shape index (κ2) is 17.7. The van der Waals surface area contributed by atoms with Crippen molar-refractivity contribution in [2.75, 3.05) is 7.11 Å². The third-order valence-electron chi connectivity index (χ3n) is 8.82. The Balaban J connectivity index is 1.07. The van der Waals surface area contributed by atoms with Gasteiger partial charge in [0, 0.05) is 47.3 Å².